The minimum absolute atomic E-state index is 0.00206. The molecule has 0 saturated carbocycles. The SMILES string of the molecule is CC(Oc1ccc([N+](=O)[O-])cc1)c1nnc(CCl)o1. The minimum Gasteiger partial charge on any atom is -0.481 e. The Morgan fingerprint density at radius 2 is 2.11 bits per heavy atom. The number of benzene rings is 1. The molecule has 1 aromatic heterocycles. The maximum atomic E-state index is 10.5. The predicted molar refractivity (Wildman–Crippen MR) is 66.0 cm³/mol. The lowest BCUT2D eigenvalue weighted by molar-refractivity contribution is -0.384. The molecule has 2 aromatic rings. The first-order chi connectivity index (χ1) is 9.10. The molecule has 0 bridgehead atoms. The summed E-state index contributed by atoms with van der Waals surface area (Å²) in [7, 11) is 0. The van der Waals surface area contributed by atoms with E-state index in [1.54, 1.807) is 6.92 Å². The van der Waals surface area contributed by atoms with E-state index in [1.165, 1.54) is 24.3 Å². The summed E-state index contributed by atoms with van der Waals surface area (Å²) >= 11 is 5.55. The zero-order valence-corrected chi connectivity index (χ0v) is 10.7. The van der Waals surface area contributed by atoms with Crippen LogP contribution in [0.1, 0.15) is 24.8 Å². The lowest BCUT2D eigenvalue weighted by Gasteiger charge is -2.10. The van der Waals surface area contributed by atoms with Crippen LogP contribution < -0.4 is 4.74 Å². The molecule has 0 aliphatic carbocycles. The van der Waals surface area contributed by atoms with Gasteiger partial charge in [-0.25, -0.2) is 0 Å². The van der Waals surface area contributed by atoms with Crippen molar-refractivity contribution in [3.8, 4) is 5.75 Å². The number of non-ortho nitro benzene ring substituents is 1. The van der Waals surface area contributed by atoms with E-state index in [2.05, 4.69) is 10.2 Å². The first kappa shape index (κ1) is 13.3. The number of hydrogen-bond donors (Lipinski definition) is 0. The molecule has 7 nitrogen and oxygen atoms in total. The highest BCUT2D eigenvalue weighted by molar-refractivity contribution is 6.16. The molecule has 1 unspecified atom stereocenters. The van der Waals surface area contributed by atoms with Crippen LogP contribution in [-0.2, 0) is 5.88 Å². The van der Waals surface area contributed by atoms with Crippen LogP contribution in [0, 0.1) is 10.1 Å². The topological polar surface area (TPSA) is 91.3 Å². The van der Waals surface area contributed by atoms with Gasteiger partial charge in [-0.1, -0.05) is 0 Å². The molecular formula is C11H10ClN3O4. The number of hydrogen-bond acceptors (Lipinski definition) is 6. The predicted octanol–water partition coefficient (Wildman–Crippen LogP) is 2.86. The second kappa shape index (κ2) is 5.66. The zero-order chi connectivity index (χ0) is 13.8. The van der Waals surface area contributed by atoms with Crippen LogP contribution in [0.15, 0.2) is 28.7 Å². The molecule has 0 aliphatic heterocycles. The van der Waals surface area contributed by atoms with Crippen LogP contribution in [0.25, 0.3) is 0 Å². The molecule has 1 aromatic carbocycles. The van der Waals surface area contributed by atoms with Crippen LogP contribution >= 0.6 is 11.6 Å². The van der Waals surface area contributed by atoms with Gasteiger partial charge in [-0.05, 0) is 19.1 Å². The van der Waals surface area contributed by atoms with E-state index in [0.29, 0.717) is 17.5 Å². The van der Waals surface area contributed by atoms with Crippen molar-refractivity contribution in [1.29, 1.82) is 0 Å². The fourth-order valence-electron chi connectivity index (χ4n) is 1.39. The van der Waals surface area contributed by atoms with E-state index in [-0.39, 0.29) is 11.6 Å². The van der Waals surface area contributed by atoms with Crippen molar-refractivity contribution in [2.75, 3.05) is 0 Å². The number of aromatic nitrogens is 2. The van der Waals surface area contributed by atoms with Gasteiger partial charge < -0.3 is 9.15 Å². The molecule has 0 N–H and O–H groups in total. The van der Waals surface area contributed by atoms with E-state index < -0.39 is 11.0 Å². The minimum atomic E-state index is -0.474. The van der Waals surface area contributed by atoms with Gasteiger partial charge in [-0.2, -0.15) is 0 Å². The number of nitrogens with zero attached hydrogens (tertiary/aromatic N) is 3. The van der Waals surface area contributed by atoms with Crippen molar-refractivity contribution in [3.63, 3.8) is 0 Å². The van der Waals surface area contributed by atoms with Gasteiger partial charge in [-0.3, -0.25) is 10.1 Å². The monoisotopic (exact) mass is 283 g/mol. The van der Waals surface area contributed by atoms with Gasteiger partial charge in [0.1, 0.15) is 11.6 Å². The van der Waals surface area contributed by atoms with Gasteiger partial charge in [0.25, 0.3) is 11.6 Å². The molecule has 0 radical (unpaired) electrons. The van der Waals surface area contributed by atoms with Crippen molar-refractivity contribution in [2.24, 2.45) is 0 Å². The Bertz CT molecular complexity index is 570. The second-order valence-corrected chi connectivity index (χ2v) is 3.95. The molecule has 19 heavy (non-hydrogen) atoms. The lowest BCUT2D eigenvalue weighted by atomic mass is 10.3. The van der Waals surface area contributed by atoms with Crippen LogP contribution in [0.2, 0.25) is 0 Å². The Morgan fingerprint density at radius 3 is 2.63 bits per heavy atom. The normalized spacial score (nSPS) is 12.1. The van der Waals surface area contributed by atoms with Crippen LogP contribution in [-0.4, -0.2) is 15.1 Å². The third kappa shape index (κ3) is 3.19. The van der Waals surface area contributed by atoms with Crippen molar-refractivity contribution in [2.45, 2.75) is 18.9 Å². The van der Waals surface area contributed by atoms with Crippen molar-refractivity contribution in [1.82, 2.24) is 10.2 Å². The summed E-state index contributed by atoms with van der Waals surface area (Å²) in [5.74, 6) is 1.23. The van der Waals surface area contributed by atoms with Gasteiger partial charge in [-0.15, -0.1) is 21.8 Å². The molecule has 0 fully saturated rings. The summed E-state index contributed by atoms with van der Waals surface area (Å²) in [6.07, 6.45) is -0.467. The maximum absolute atomic E-state index is 10.5. The smallest absolute Gasteiger partial charge is 0.269 e. The summed E-state index contributed by atoms with van der Waals surface area (Å²) in [6.45, 7) is 1.73. The highest BCUT2D eigenvalue weighted by Crippen LogP contribution is 2.23. The Morgan fingerprint density at radius 1 is 1.42 bits per heavy atom. The zero-order valence-electron chi connectivity index (χ0n) is 9.95. The molecule has 2 rings (SSSR count). The molecule has 0 amide bonds. The Kier molecular flexibility index (Phi) is 3.96. The summed E-state index contributed by atoms with van der Waals surface area (Å²) in [6, 6.07) is 5.74. The first-order valence-corrected chi connectivity index (χ1v) is 5.93. The number of ether oxygens (including phenoxy) is 1. The Hall–Kier alpha value is -2.15. The number of rotatable bonds is 5. The van der Waals surface area contributed by atoms with E-state index >= 15 is 0 Å². The molecule has 8 heteroatoms. The van der Waals surface area contributed by atoms with Crippen LogP contribution in [0.3, 0.4) is 0 Å². The Labute approximate surface area is 113 Å². The summed E-state index contributed by atoms with van der Waals surface area (Å²) in [5.41, 5.74) is 0.00206. The van der Waals surface area contributed by atoms with E-state index in [9.17, 15) is 10.1 Å². The number of alkyl halides is 1. The summed E-state index contributed by atoms with van der Waals surface area (Å²) < 4.78 is 10.8. The summed E-state index contributed by atoms with van der Waals surface area (Å²) in [5, 5.41) is 18.0. The maximum Gasteiger partial charge on any atom is 0.269 e. The van der Waals surface area contributed by atoms with E-state index in [1.807, 2.05) is 0 Å². The molecular weight excluding hydrogens is 274 g/mol. The van der Waals surface area contributed by atoms with Gasteiger partial charge >= 0.3 is 0 Å². The van der Waals surface area contributed by atoms with Crippen molar-refractivity contribution >= 4 is 17.3 Å². The lowest BCUT2D eigenvalue weighted by Crippen LogP contribution is -2.03. The molecule has 100 valence electrons. The molecule has 0 spiro atoms. The van der Waals surface area contributed by atoms with Gasteiger partial charge in [0, 0.05) is 12.1 Å². The standard InChI is InChI=1S/C11H10ClN3O4/c1-7(11-14-13-10(6-12)19-11)18-9-4-2-8(3-5-9)15(16)17/h2-5,7H,6H2,1H3. The largest absolute Gasteiger partial charge is 0.481 e. The number of nitro groups is 1. The van der Waals surface area contributed by atoms with Gasteiger partial charge in [0.2, 0.25) is 5.89 Å². The van der Waals surface area contributed by atoms with Crippen LogP contribution in [0.5, 0.6) is 5.75 Å². The number of nitro benzene ring substituents is 1. The van der Waals surface area contributed by atoms with Crippen molar-refractivity contribution < 1.29 is 14.1 Å². The molecule has 0 aliphatic rings. The molecule has 1 heterocycles. The average Bonchev–Trinajstić information content (AvgIpc) is 2.88. The van der Waals surface area contributed by atoms with Crippen LogP contribution in [0.4, 0.5) is 5.69 Å². The number of halogens is 1. The Balaban J connectivity index is 2.05. The quantitative estimate of drug-likeness (QED) is 0.476. The summed E-state index contributed by atoms with van der Waals surface area (Å²) in [4.78, 5) is 10.0. The molecule has 1 atom stereocenters. The highest BCUT2D eigenvalue weighted by Gasteiger charge is 2.15. The second-order valence-electron chi connectivity index (χ2n) is 3.68. The van der Waals surface area contributed by atoms with E-state index in [4.69, 9.17) is 20.8 Å². The first-order valence-electron chi connectivity index (χ1n) is 5.39. The third-order valence-corrected chi connectivity index (χ3v) is 2.53. The van der Waals surface area contributed by atoms with E-state index in [0.717, 1.165) is 0 Å². The molecule has 0 saturated heterocycles. The fourth-order valence-corrected chi connectivity index (χ4v) is 1.49. The van der Waals surface area contributed by atoms with Gasteiger partial charge in [0.05, 0.1) is 4.92 Å². The highest BCUT2D eigenvalue weighted by atomic mass is 35.5. The third-order valence-electron chi connectivity index (χ3n) is 2.30. The van der Waals surface area contributed by atoms with Gasteiger partial charge in [0.15, 0.2) is 6.10 Å². The van der Waals surface area contributed by atoms with Crippen molar-refractivity contribution in [3.05, 3.63) is 46.2 Å². The fraction of sp³-hybridized carbons (Fsp3) is 0.273. The average molecular weight is 284 g/mol.